The van der Waals surface area contributed by atoms with E-state index >= 15 is 0 Å². The molecule has 0 radical (unpaired) electrons. The molecule has 0 bridgehead atoms. The number of nitrogens with one attached hydrogen (secondary N) is 1. The van der Waals surface area contributed by atoms with Gasteiger partial charge in [-0.15, -0.1) is 0 Å². The number of nitrogens with zero attached hydrogens (tertiary/aromatic N) is 4. The zero-order valence-corrected chi connectivity index (χ0v) is 17.9. The maximum absolute atomic E-state index is 13.9. The quantitative estimate of drug-likeness (QED) is 0.473. The van der Waals surface area contributed by atoms with Gasteiger partial charge in [0.05, 0.1) is 30.5 Å². The number of carbonyl (C=O) groups excluding carboxylic acids is 1. The predicted molar refractivity (Wildman–Crippen MR) is 118 cm³/mol. The Hall–Kier alpha value is -4.32. The number of methoxy groups -OCH3 is 1. The lowest BCUT2D eigenvalue weighted by molar-refractivity contribution is 0.0779. The molecule has 33 heavy (non-hydrogen) atoms. The number of fused-ring (bicyclic) bond motifs is 1. The summed E-state index contributed by atoms with van der Waals surface area (Å²) in [6.07, 6.45) is 1.56. The number of hydrogen-bond acceptors (Lipinski definition) is 5. The number of ether oxygens (including phenoxy) is 1. The Morgan fingerprint density at radius 1 is 1.21 bits per heavy atom. The Bertz CT molecular complexity index is 1390. The first-order valence-corrected chi connectivity index (χ1v) is 9.96. The summed E-state index contributed by atoms with van der Waals surface area (Å²) in [5, 5.41) is 16.6. The van der Waals surface area contributed by atoms with Crippen LogP contribution in [-0.2, 0) is 13.2 Å². The molecule has 7 nitrogen and oxygen atoms in total. The molecule has 0 unspecified atom stereocenters. The summed E-state index contributed by atoms with van der Waals surface area (Å²) in [6.45, 7) is -0.367. The Kier molecular flexibility index (Phi) is 6.00. The molecule has 2 aromatic carbocycles. The first kappa shape index (κ1) is 21.9. The molecule has 0 aliphatic heterocycles. The van der Waals surface area contributed by atoms with E-state index in [9.17, 15) is 13.6 Å². The van der Waals surface area contributed by atoms with Crippen LogP contribution in [0.15, 0.2) is 48.7 Å². The fraction of sp³-hybridized carbons (Fsp3) is 0.167. The third-order valence-electron chi connectivity index (χ3n) is 5.30. The number of aromatic nitrogens is 3. The molecule has 0 atom stereocenters. The van der Waals surface area contributed by atoms with Gasteiger partial charge in [0.15, 0.2) is 0 Å². The van der Waals surface area contributed by atoms with Gasteiger partial charge >= 0.3 is 0 Å². The number of alkyl halides is 1. The van der Waals surface area contributed by atoms with E-state index in [-0.39, 0.29) is 29.6 Å². The van der Waals surface area contributed by atoms with Crippen LogP contribution in [0, 0.1) is 17.1 Å². The summed E-state index contributed by atoms with van der Waals surface area (Å²) in [5.74, 6) is -0.791. The van der Waals surface area contributed by atoms with Crippen LogP contribution in [0.5, 0.6) is 5.88 Å². The smallest absolute Gasteiger partial charge is 0.272 e. The van der Waals surface area contributed by atoms with Crippen LogP contribution in [0.4, 0.5) is 8.78 Å². The average molecular weight is 447 g/mol. The predicted octanol–water partition coefficient (Wildman–Crippen LogP) is 4.39. The second-order valence-corrected chi connectivity index (χ2v) is 7.43. The van der Waals surface area contributed by atoms with Crippen LogP contribution in [0.25, 0.3) is 22.0 Å². The van der Waals surface area contributed by atoms with E-state index in [0.29, 0.717) is 27.6 Å². The molecular weight excluding hydrogens is 428 g/mol. The second kappa shape index (κ2) is 9.04. The molecule has 4 aromatic rings. The van der Waals surface area contributed by atoms with E-state index < -0.39 is 12.5 Å². The molecule has 0 saturated carbocycles. The molecule has 0 saturated heterocycles. The number of carbonyl (C=O) groups is 1. The van der Waals surface area contributed by atoms with Gasteiger partial charge in [-0.2, -0.15) is 10.4 Å². The Labute approximate surface area is 188 Å². The zero-order valence-electron chi connectivity index (χ0n) is 17.9. The minimum absolute atomic E-state index is 0.131. The summed E-state index contributed by atoms with van der Waals surface area (Å²) < 4.78 is 32.4. The molecular formula is C24H19F2N5O2. The lowest BCUT2D eigenvalue weighted by Crippen LogP contribution is -2.27. The molecule has 2 heterocycles. The molecule has 1 N–H and O–H groups in total. The lowest BCUT2D eigenvalue weighted by atomic mass is 10.0. The van der Waals surface area contributed by atoms with Gasteiger partial charge in [-0.1, -0.05) is 12.1 Å². The summed E-state index contributed by atoms with van der Waals surface area (Å²) >= 11 is 0. The van der Waals surface area contributed by atoms with Crippen molar-refractivity contribution in [3.05, 3.63) is 76.9 Å². The molecule has 0 aliphatic rings. The lowest BCUT2D eigenvalue weighted by Gasteiger charge is -2.18. The van der Waals surface area contributed by atoms with Gasteiger partial charge < -0.3 is 9.64 Å². The maximum atomic E-state index is 13.9. The van der Waals surface area contributed by atoms with Gasteiger partial charge in [0.25, 0.3) is 5.91 Å². The molecule has 1 amide bonds. The number of nitriles is 1. The highest BCUT2D eigenvalue weighted by Crippen LogP contribution is 2.30. The van der Waals surface area contributed by atoms with Crippen LogP contribution in [0.2, 0.25) is 0 Å². The standard InChI is InChI=1S/C24H19F2N5O2/c1-31(13-16-4-3-15(10-25)20-12-28-30-22(16)20)24(32)21-6-5-19(23(29-21)33-2)17-7-14(11-27)8-18(26)9-17/h3-9,12H,10,13H2,1-2H3,(H,28,30). The summed E-state index contributed by atoms with van der Waals surface area (Å²) in [4.78, 5) is 18.8. The minimum atomic E-state index is -0.609. The van der Waals surface area contributed by atoms with E-state index in [1.54, 1.807) is 31.4 Å². The van der Waals surface area contributed by atoms with Crippen molar-refractivity contribution in [2.24, 2.45) is 0 Å². The van der Waals surface area contributed by atoms with Crippen molar-refractivity contribution in [1.82, 2.24) is 20.1 Å². The van der Waals surface area contributed by atoms with Crippen molar-refractivity contribution in [2.75, 3.05) is 14.2 Å². The number of rotatable bonds is 6. The van der Waals surface area contributed by atoms with E-state index in [1.165, 1.54) is 30.2 Å². The van der Waals surface area contributed by atoms with Crippen LogP contribution < -0.4 is 4.74 Å². The van der Waals surface area contributed by atoms with E-state index in [2.05, 4.69) is 15.2 Å². The van der Waals surface area contributed by atoms with Crippen molar-refractivity contribution in [3.63, 3.8) is 0 Å². The minimum Gasteiger partial charge on any atom is -0.481 e. The first-order valence-electron chi connectivity index (χ1n) is 9.96. The molecule has 0 fully saturated rings. The molecule has 9 heteroatoms. The Balaban J connectivity index is 1.62. The van der Waals surface area contributed by atoms with Gasteiger partial charge in [-0.05, 0) is 47.0 Å². The van der Waals surface area contributed by atoms with Crippen molar-refractivity contribution >= 4 is 16.8 Å². The number of halogens is 2. The SMILES string of the molecule is COc1nc(C(=O)N(C)Cc2ccc(CF)c3cn[nH]c23)ccc1-c1cc(F)cc(C#N)c1. The molecule has 4 rings (SSSR count). The van der Waals surface area contributed by atoms with Crippen molar-refractivity contribution in [1.29, 1.82) is 5.26 Å². The second-order valence-electron chi connectivity index (χ2n) is 7.43. The third-order valence-corrected chi connectivity index (χ3v) is 5.30. The van der Waals surface area contributed by atoms with Crippen LogP contribution in [-0.4, -0.2) is 40.1 Å². The van der Waals surface area contributed by atoms with Gasteiger partial charge in [-0.3, -0.25) is 9.89 Å². The van der Waals surface area contributed by atoms with E-state index in [1.807, 2.05) is 6.07 Å². The van der Waals surface area contributed by atoms with Gasteiger partial charge in [-0.25, -0.2) is 13.8 Å². The first-order chi connectivity index (χ1) is 15.9. The van der Waals surface area contributed by atoms with Crippen molar-refractivity contribution in [2.45, 2.75) is 13.2 Å². The molecule has 166 valence electrons. The average Bonchev–Trinajstić information content (AvgIpc) is 3.33. The molecule has 0 spiro atoms. The topological polar surface area (TPSA) is 94.9 Å². The highest BCUT2D eigenvalue weighted by molar-refractivity contribution is 5.93. The maximum Gasteiger partial charge on any atom is 0.272 e. The fourth-order valence-electron chi connectivity index (χ4n) is 3.66. The summed E-state index contributed by atoms with van der Waals surface area (Å²) in [7, 11) is 3.02. The molecule has 2 aromatic heterocycles. The van der Waals surface area contributed by atoms with Gasteiger partial charge in [0, 0.05) is 24.5 Å². The molecule has 0 aliphatic carbocycles. The van der Waals surface area contributed by atoms with E-state index in [4.69, 9.17) is 10.00 Å². The van der Waals surface area contributed by atoms with Crippen LogP contribution >= 0.6 is 0 Å². The third kappa shape index (κ3) is 4.23. The number of benzene rings is 2. The van der Waals surface area contributed by atoms with Gasteiger partial charge in [0.2, 0.25) is 5.88 Å². The highest BCUT2D eigenvalue weighted by atomic mass is 19.1. The fourth-order valence-corrected chi connectivity index (χ4v) is 3.66. The zero-order chi connectivity index (χ0) is 23.5. The highest BCUT2D eigenvalue weighted by Gasteiger charge is 2.19. The normalized spacial score (nSPS) is 10.8. The van der Waals surface area contributed by atoms with E-state index in [0.717, 1.165) is 11.6 Å². The Morgan fingerprint density at radius 2 is 2.00 bits per heavy atom. The number of H-pyrrole nitrogens is 1. The summed E-state index contributed by atoms with van der Waals surface area (Å²) in [5.41, 5.74) is 3.14. The van der Waals surface area contributed by atoms with Gasteiger partial charge in [0.1, 0.15) is 18.2 Å². The number of pyridine rings is 1. The number of aromatic amines is 1. The van der Waals surface area contributed by atoms with Crippen LogP contribution in [0.1, 0.15) is 27.2 Å². The number of hydrogen-bond donors (Lipinski definition) is 1. The number of amides is 1. The van der Waals surface area contributed by atoms with Crippen molar-refractivity contribution < 1.29 is 18.3 Å². The largest absolute Gasteiger partial charge is 0.481 e. The Morgan fingerprint density at radius 3 is 2.73 bits per heavy atom. The summed E-state index contributed by atoms with van der Waals surface area (Å²) in [6, 6.07) is 12.4. The van der Waals surface area contributed by atoms with Crippen molar-refractivity contribution in [3.8, 4) is 23.1 Å². The van der Waals surface area contributed by atoms with Crippen LogP contribution in [0.3, 0.4) is 0 Å². The monoisotopic (exact) mass is 447 g/mol.